The second-order valence-corrected chi connectivity index (χ2v) is 7.15. The fourth-order valence-corrected chi connectivity index (χ4v) is 3.85. The molecule has 1 aliphatic heterocycles. The van der Waals surface area contributed by atoms with E-state index < -0.39 is 12.7 Å². The van der Waals surface area contributed by atoms with Crippen molar-refractivity contribution in [2.75, 3.05) is 31.7 Å². The number of nitrogens with one attached hydrogen (secondary N) is 2. The fraction of sp³-hybridized carbons (Fsp3) is 0.250. The van der Waals surface area contributed by atoms with Crippen LogP contribution < -0.4 is 10.6 Å². The van der Waals surface area contributed by atoms with E-state index in [1.54, 1.807) is 23.5 Å². The van der Waals surface area contributed by atoms with Gasteiger partial charge in [-0.05, 0) is 47.7 Å². The van der Waals surface area contributed by atoms with Gasteiger partial charge in [-0.25, -0.2) is 19.2 Å². The Morgan fingerprint density at radius 2 is 2.07 bits per heavy atom. The number of rotatable bonds is 5. The first-order chi connectivity index (χ1) is 13.7. The van der Waals surface area contributed by atoms with Crippen LogP contribution in [0.25, 0.3) is 27.2 Å². The number of carbonyl (C=O) groups excluding carboxylic acids is 1. The van der Waals surface area contributed by atoms with Gasteiger partial charge >= 0.3 is 6.03 Å². The number of thiophene rings is 1. The summed E-state index contributed by atoms with van der Waals surface area (Å²) in [6.45, 7) is 0.691. The van der Waals surface area contributed by atoms with Gasteiger partial charge in [0.2, 0.25) is 0 Å². The van der Waals surface area contributed by atoms with Crippen molar-refractivity contribution >= 4 is 38.8 Å². The van der Waals surface area contributed by atoms with Crippen LogP contribution in [0.1, 0.15) is 12.1 Å². The molecule has 28 heavy (non-hydrogen) atoms. The average molecular weight is 398 g/mol. The predicted octanol–water partition coefficient (Wildman–Crippen LogP) is 4.25. The number of benzene rings is 1. The van der Waals surface area contributed by atoms with Crippen molar-refractivity contribution in [3.63, 3.8) is 0 Å². The molecule has 3 heterocycles. The summed E-state index contributed by atoms with van der Waals surface area (Å²) in [5, 5.41) is 7.11. The number of aromatic nitrogens is 2. The monoisotopic (exact) mass is 398 g/mol. The quantitative estimate of drug-likeness (QED) is 0.674. The van der Waals surface area contributed by atoms with Crippen molar-refractivity contribution < 1.29 is 13.9 Å². The summed E-state index contributed by atoms with van der Waals surface area (Å²) in [5.41, 5.74) is 4.54. The molecule has 1 aromatic carbocycles. The minimum Gasteiger partial charge on any atom is -0.377 e. The molecule has 0 unspecified atom stereocenters. The van der Waals surface area contributed by atoms with Gasteiger partial charge in [0.1, 0.15) is 6.67 Å². The summed E-state index contributed by atoms with van der Waals surface area (Å²) in [5.74, 6) is 0.640. The second kappa shape index (κ2) is 8.45. The van der Waals surface area contributed by atoms with Gasteiger partial charge in [-0.15, -0.1) is 11.3 Å². The Morgan fingerprint density at radius 1 is 1.21 bits per heavy atom. The van der Waals surface area contributed by atoms with Gasteiger partial charge in [-0.3, -0.25) is 0 Å². The molecule has 0 fully saturated rings. The first-order valence-corrected chi connectivity index (χ1v) is 9.86. The van der Waals surface area contributed by atoms with Crippen LogP contribution in [0.15, 0.2) is 41.8 Å². The molecule has 0 aliphatic carbocycles. The smallest absolute Gasteiger partial charge is 0.319 e. The fourth-order valence-electron chi connectivity index (χ4n) is 2.99. The minimum absolute atomic E-state index is 0.0118. The Bertz CT molecular complexity index is 1020. The Balaban J connectivity index is 1.62. The topological polar surface area (TPSA) is 76.1 Å². The van der Waals surface area contributed by atoms with E-state index in [0.29, 0.717) is 24.7 Å². The molecule has 0 radical (unpaired) electrons. The number of carbonyl (C=O) groups is 1. The Hall–Kier alpha value is -2.84. The van der Waals surface area contributed by atoms with Gasteiger partial charge in [-0.1, -0.05) is 6.08 Å². The number of ether oxygens (including phenoxy) is 1. The highest BCUT2D eigenvalue weighted by molar-refractivity contribution is 7.17. The lowest BCUT2D eigenvalue weighted by Gasteiger charge is -2.14. The summed E-state index contributed by atoms with van der Waals surface area (Å²) < 4.78 is 18.6. The molecule has 0 spiro atoms. The van der Waals surface area contributed by atoms with Crippen LogP contribution in [0, 0.1) is 0 Å². The molecule has 0 bridgehead atoms. The third kappa shape index (κ3) is 4.02. The number of hydrogen-bond acceptors (Lipinski definition) is 5. The van der Waals surface area contributed by atoms with Gasteiger partial charge in [-0.2, -0.15) is 0 Å². The number of hydrogen-bond donors (Lipinski definition) is 2. The lowest BCUT2D eigenvalue weighted by atomic mass is 10.1. The van der Waals surface area contributed by atoms with Crippen molar-refractivity contribution in [3.05, 3.63) is 47.5 Å². The summed E-state index contributed by atoms with van der Waals surface area (Å²) in [6, 6.07) is 8.84. The van der Waals surface area contributed by atoms with E-state index in [1.807, 2.05) is 23.6 Å². The SMILES string of the molecule is O=C(NCCF)Nc1ccc(-c2nc(C3=CCOCC3)c3sccc3n2)cc1. The van der Waals surface area contributed by atoms with Crippen molar-refractivity contribution in [1.82, 2.24) is 15.3 Å². The highest BCUT2D eigenvalue weighted by Gasteiger charge is 2.16. The highest BCUT2D eigenvalue weighted by atomic mass is 32.1. The third-order valence-electron chi connectivity index (χ3n) is 4.35. The van der Waals surface area contributed by atoms with E-state index in [-0.39, 0.29) is 6.54 Å². The van der Waals surface area contributed by atoms with E-state index in [9.17, 15) is 9.18 Å². The maximum atomic E-state index is 12.1. The Kier molecular flexibility index (Phi) is 5.59. The van der Waals surface area contributed by atoms with Crippen molar-refractivity contribution in [2.24, 2.45) is 0 Å². The molecular weight excluding hydrogens is 379 g/mol. The van der Waals surface area contributed by atoms with Crippen molar-refractivity contribution in [3.8, 4) is 11.4 Å². The molecule has 0 saturated heterocycles. The standard InChI is InChI=1S/C20H19FN4O2S/c21-8-9-22-20(26)23-15-3-1-14(2-4-15)19-24-16-7-12-28-18(16)17(25-19)13-5-10-27-11-6-13/h1-5,7,12H,6,8-11H2,(H2,22,23,26). The van der Waals surface area contributed by atoms with Gasteiger partial charge in [0.15, 0.2) is 5.82 Å². The van der Waals surface area contributed by atoms with Gasteiger partial charge in [0.05, 0.1) is 29.1 Å². The van der Waals surface area contributed by atoms with Gasteiger partial charge in [0, 0.05) is 17.8 Å². The second-order valence-electron chi connectivity index (χ2n) is 6.23. The molecule has 2 aromatic heterocycles. The number of urea groups is 1. The maximum absolute atomic E-state index is 12.1. The number of anilines is 1. The molecule has 2 amide bonds. The highest BCUT2D eigenvalue weighted by Crippen LogP contribution is 2.32. The molecule has 144 valence electrons. The largest absolute Gasteiger partial charge is 0.377 e. The summed E-state index contributed by atoms with van der Waals surface area (Å²) in [4.78, 5) is 21.2. The minimum atomic E-state index is -0.598. The number of fused-ring (bicyclic) bond motifs is 1. The zero-order valence-corrected chi connectivity index (χ0v) is 15.9. The van der Waals surface area contributed by atoms with E-state index in [2.05, 4.69) is 16.7 Å². The summed E-state index contributed by atoms with van der Waals surface area (Å²) in [7, 11) is 0. The lowest BCUT2D eigenvalue weighted by Crippen LogP contribution is -2.30. The van der Waals surface area contributed by atoms with Crippen molar-refractivity contribution in [1.29, 1.82) is 0 Å². The van der Waals surface area contributed by atoms with Crippen LogP contribution in [0.4, 0.5) is 14.9 Å². The molecule has 0 atom stereocenters. The van der Waals surface area contributed by atoms with E-state index in [4.69, 9.17) is 14.7 Å². The van der Waals surface area contributed by atoms with Crippen molar-refractivity contribution in [2.45, 2.75) is 6.42 Å². The van der Waals surface area contributed by atoms with Crippen LogP contribution in [0.3, 0.4) is 0 Å². The molecule has 0 saturated carbocycles. The number of alkyl halides is 1. The Labute approximate surface area is 165 Å². The number of nitrogens with zero attached hydrogens (tertiary/aromatic N) is 2. The molecule has 2 N–H and O–H groups in total. The van der Waals surface area contributed by atoms with E-state index in [0.717, 1.165) is 27.9 Å². The average Bonchev–Trinajstić information content (AvgIpc) is 3.21. The molecule has 8 heteroatoms. The lowest BCUT2D eigenvalue weighted by molar-refractivity contribution is 0.161. The van der Waals surface area contributed by atoms with Crippen LogP contribution in [-0.4, -0.2) is 42.4 Å². The predicted molar refractivity (Wildman–Crippen MR) is 109 cm³/mol. The molecule has 4 rings (SSSR count). The first kappa shape index (κ1) is 18.5. The van der Waals surface area contributed by atoms with Crippen LogP contribution >= 0.6 is 11.3 Å². The third-order valence-corrected chi connectivity index (χ3v) is 5.26. The van der Waals surface area contributed by atoms with Gasteiger partial charge in [0.25, 0.3) is 0 Å². The van der Waals surface area contributed by atoms with E-state index >= 15 is 0 Å². The number of halogens is 1. The normalized spacial score (nSPS) is 14.0. The maximum Gasteiger partial charge on any atom is 0.319 e. The molecule has 6 nitrogen and oxygen atoms in total. The number of amides is 2. The molecule has 1 aliphatic rings. The van der Waals surface area contributed by atoms with Crippen LogP contribution in [0.5, 0.6) is 0 Å². The Morgan fingerprint density at radius 3 is 2.82 bits per heavy atom. The first-order valence-electron chi connectivity index (χ1n) is 8.98. The van der Waals surface area contributed by atoms with Crippen LogP contribution in [0.2, 0.25) is 0 Å². The molecular formula is C20H19FN4O2S. The van der Waals surface area contributed by atoms with Crippen LogP contribution in [-0.2, 0) is 4.74 Å². The summed E-state index contributed by atoms with van der Waals surface area (Å²) >= 11 is 1.64. The zero-order chi connectivity index (χ0) is 19.3. The zero-order valence-electron chi connectivity index (χ0n) is 15.1. The van der Waals surface area contributed by atoms with E-state index in [1.165, 1.54) is 5.57 Å². The molecule has 3 aromatic rings. The summed E-state index contributed by atoms with van der Waals surface area (Å²) in [6.07, 6.45) is 2.91. The van der Waals surface area contributed by atoms with Gasteiger partial charge < -0.3 is 15.4 Å².